The van der Waals surface area contributed by atoms with Gasteiger partial charge in [0.15, 0.2) is 5.78 Å². The summed E-state index contributed by atoms with van der Waals surface area (Å²) in [4.78, 5) is 48.9. The minimum Gasteiger partial charge on any atom is -0.469 e. The molecule has 4 atom stereocenters. The molecule has 8 nitrogen and oxygen atoms in total. The summed E-state index contributed by atoms with van der Waals surface area (Å²) >= 11 is 0. The van der Waals surface area contributed by atoms with Crippen molar-refractivity contribution in [1.29, 1.82) is 0 Å². The lowest BCUT2D eigenvalue weighted by Gasteiger charge is -2.43. The monoisotopic (exact) mass is 378 g/mol. The van der Waals surface area contributed by atoms with E-state index in [-0.39, 0.29) is 12.0 Å². The Hall–Kier alpha value is -2.74. The van der Waals surface area contributed by atoms with Crippen molar-refractivity contribution in [2.45, 2.75) is 24.9 Å². The number of benzene rings is 1. The summed E-state index contributed by atoms with van der Waals surface area (Å²) in [6.07, 6.45) is -0.386. The van der Waals surface area contributed by atoms with E-state index in [4.69, 9.17) is 9.47 Å². The second-order valence-electron chi connectivity index (χ2n) is 6.64. The fourth-order valence-electron chi connectivity index (χ4n) is 3.63. The lowest BCUT2D eigenvalue weighted by molar-refractivity contribution is -0.170. The van der Waals surface area contributed by atoms with Crippen LogP contribution in [0.25, 0.3) is 0 Å². The van der Waals surface area contributed by atoms with Crippen molar-refractivity contribution in [2.75, 3.05) is 21.3 Å². The minimum absolute atomic E-state index is 0.263. The zero-order valence-corrected chi connectivity index (χ0v) is 15.6. The predicted molar refractivity (Wildman–Crippen MR) is 91.8 cm³/mol. The Morgan fingerprint density at radius 3 is 2.04 bits per heavy atom. The van der Waals surface area contributed by atoms with Crippen LogP contribution in [0.3, 0.4) is 0 Å². The van der Waals surface area contributed by atoms with Crippen LogP contribution in [0, 0.1) is 11.8 Å². The molecule has 0 spiro atoms. The summed E-state index contributed by atoms with van der Waals surface area (Å²) in [6.45, 7) is 1.36. The first-order valence-electron chi connectivity index (χ1n) is 8.27. The van der Waals surface area contributed by atoms with E-state index in [1.54, 1.807) is 0 Å². The molecular weight excluding hydrogens is 356 g/mol. The minimum atomic E-state index is -1.71. The van der Waals surface area contributed by atoms with Crippen molar-refractivity contribution in [1.82, 2.24) is 0 Å². The van der Waals surface area contributed by atoms with Gasteiger partial charge in [0.2, 0.25) is 0 Å². The van der Waals surface area contributed by atoms with Crippen LogP contribution >= 0.6 is 0 Å². The zero-order chi connectivity index (χ0) is 20.4. The third-order valence-corrected chi connectivity index (χ3v) is 4.89. The molecule has 1 fully saturated rings. The average Bonchev–Trinajstić information content (AvgIpc) is 2.65. The van der Waals surface area contributed by atoms with Crippen LogP contribution in [0.2, 0.25) is 0 Å². The Kier molecular flexibility index (Phi) is 6.00. The van der Waals surface area contributed by atoms with Gasteiger partial charge in [0.25, 0.3) is 0 Å². The number of hydrogen-bond acceptors (Lipinski definition) is 8. The topological polar surface area (TPSA) is 116 Å². The second kappa shape index (κ2) is 7.87. The maximum atomic E-state index is 12.6. The molecule has 1 saturated carbocycles. The van der Waals surface area contributed by atoms with Crippen LogP contribution in [0.1, 0.15) is 35.2 Å². The summed E-state index contributed by atoms with van der Waals surface area (Å²) in [6, 6.07) is 5.93. The molecule has 1 aliphatic rings. The number of aliphatic hydroxyl groups is 1. The molecule has 2 rings (SSSR count). The van der Waals surface area contributed by atoms with Gasteiger partial charge < -0.3 is 19.3 Å². The van der Waals surface area contributed by atoms with E-state index in [1.807, 2.05) is 0 Å². The van der Waals surface area contributed by atoms with E-state index in [0.29, 0.717) is 5.56 Å². The molecule has 1 aromatic rings. The van der Waals surface area contributed by atoms with E-state index in [9.17, 15) is 24.3 Å². The molecule has 0 saturated heterocycles. The third kappa shape index (κ3) is 3.85. The number of ketones is 1. The molecule has 0 bridgehead atoms. The van der Waals surface area contributed by atoms with Gasteiger partial charge in [-0.2, -0.15) is 0 Å². The zero-order valence-electron chi connectivity index (χ0n) is 15.6. The van der Waals surface area contributed by atoms with E-state index < -0.39 is 47.0 Å². The predicted octanol–water partition coefficient (Wildman–Crippen LogP) is 0.859. The Labute approximate surface area is 156 Å². The van der Waals surface area contributed by atoms with Crippen molar-refractivity contribution in [3.05, 3.63) is 35.4 Å². The molecule has 0 aromatic heterocycles. The Balaban J connectivity index is 2.60. The molecule has 27 heavy (non-hydrogen) atoms. The maximum absolute atomic E-state index is 12.6. The van der Waals surface area contributed by atoms with Crippen molar-refractivity contribution in [3.63, 3.8) is 0 Å². The molecule has 0 heterocycles. The van der Waals surface area contributed by atoms with Crippen LogP contribution in [0.15, 0.2) is 24.3 Å². The van der Waals surface area contributed by atoms with Crippen LogP contribution < -0.4 is 0 Å². The molecule has 1 aromatic carbocycles. The number of esters is 3. The number of ether oxygens (including phenoxy) is 3. The van der Waals surface area contributed by atoms with Crippen LogP contribution in [0.5, 0.6) is 0 Å². The first kappa shape index (κ1) is 20.6. The van der Waals surface area contributed by atoms with Gasteiger partial charge >= 0.3 is 17.9 Å². The highest BCUT2D eigenvalue weighted by Crippen LogP contribution is 2.46. The Morgan fingerprint density at radius 2 is 1.56 bits per heavy atom. The van der Waals surface area contributed by atoms with Crippen LogP contribution in [-0.4, -0.2) is 55.7 Å². The van der Waals surface area contributed by atoms with Gasteiger partial charge in [-0.25, -0.2) is 4.79 Å². The number of hydrogen-bond donors (Lipinski definition) is 1. The van der Waals surface area contributed by atoms with E-state index in [0.717, 1.165) is 7.11 Å². The van der Waals surface area contributed by atoms with E-state index in [1.165, 1.54) is 45.4 Å². The fourth-order valence-corrected chi connectivity index (χ4v) is 3.63. The Bertz CT molecular complexity index is 749. The van der Waals surface area contributed by atoms with E-state index in [2.05, 4.69) is 4.74 Å². The SMILES string of the molecule is COC(=O)c1ccc([C@H]2[C@H](C(=O)OC)C(=O)C[C@](C)(O)[C@@H]2C(=O)OC)cc1. The summed E-state index contributed by atoms with van der Waals surface area (Å²) in [5.41, 5.74) is -1.03. The molecule has 1 N–H and O–H groups in total. The third-order valence-electron chi connectivity index (χ3n) is 4.89. The van der Waals surface area contributed by atoms with Crippen LogP contribution in [0.4, 0.5) is 0 Å². The number of Topliss-reactive ketones (excluding diaryl/α,β-unsaturated/α-hetero) is 1. The number of carbonyl (C=O) groups excluding carboxylic acids is 4. The van der Waals surface area contributed by atoms with Gasteiger partial charge in [-0.15, -0.1) is 0 Å². The van der Waals surface area contributed by atoms with Gasteiger partial charge in [-0.05, 0) is 24.6 Å². The summed E-state index contributed by atoms with van der Waals surface area (Å²) in [5.74, 6) is -6.09. The number of rotatable bonds is 4. The van der Waals surface area contributed by atoms with Crippen LogP contribution in [-0.2, 0) is 28.6 Å². The highest BCUT2D eigenvalue weighted by atomic mass is 16.5. The number of carbonyl (C=O) groups is 4. The second-order valence-corrected chi connectivity index (χ2v) is 6.64. The fraction of sp³-hybridized carbons (Fsp3) is 0.474. The van der Waals surface area contributed by atoms with Gasteiger partial charge in [0, 0.05) is 12.3 Å². The summed E-state index contributed by atoms with van der Waals surface area (Å²) in [5, 5.41) is 10.7. The highest BCUT2D eigenvalue weighted by Gasteiger charge is 2.56. The lowest BCUT2D eigenvalue weighted by atomic mass is 9.61. The van der Waals surface area contributed by atoms with Crippen molar-refractivity contribution < 1.29 is 38.5 Å². The van der Waals surface area contributed by atoms with Gasteiger partial charge in [0.1, 0.15) is 5.92 Å². The van der Waals surface area contributed by atoms with Crippen molar-refractivity contribution in [3.8, 4) is 0 Å². The molecule has 8 heteroatoms. The molecule has 1 aliphatic carbocycles. The Morgan fingerprint density at radius 1 is 1.00 bits per heavy atom. The molecule has 0 radical (unpaired) electrons. The van der Waals surface area contributed by atoms with Gasteiger partial charge in [0.05, 0.1) is 38.4 Å². The maximum Gasteiger partial charge on any atom is 0.337 e. The molecular formula is C19H22O8. The van der Waals surface area contributed by atoms with Crippen molar-refractivity contribution in [2.24, 2.45) is 11.8 Å². The summed E-state index contributed by atoms with van der Waals surface area (Å²) < 4.78 is 14.2. The first-order valence-corrected chi connectivity index (χ1v) is 8.27. The smallest absolute Gasteiger partial charge is 0.337 e. The summed E-state index contributed by atoms with van der Waals surface area (Å²) in [7, 11) is 3.56. The van der Waals surface area contributed by atoms with Crippen molar-refractivity contribution >= 4 is 23.7 Å². The molecule has 146 valence electrons. The quantitative estimate of drug-likeness (QED) is 0.466. The lowest BCUT2D eigenvalue weighted by Crippen LogP contribution is -2.55. The highest BCUT2D eigenvalue weighted by molar-refractivity contribution is 6.02. The van der Waals surface area contributed by atoms with Gasteiger partial charge in [-0.3, -0.25) is 14.4 Å². The standard InChI is InChI=1S/C19H22O8/c1-19(24)9-12(20)14(17(22)26-3)13(15(19)18(23)27-4)10-5-7-11(8-6-10)16(21)25-2/h5-8,13-15,24H,9H2,1-4H3/t13-,14+,15-,19-/m0/s1. The molecule has 0 unspecified atom stereocenters. The number of methoxy groups -OCH3 is 3. The largest absolute Gasteiger partial charge is 0.469 e. The van der Waals surface area contributed by atoms with Gasteiger partial charge in [-0.1, -0.05) is 12.1 Å². The van der Waals surface area contributed by atoms with E-state index >= 15 is 0 Å². The normalized spacial score (nSPS) is 27.6. The molecule has 0 aliphatic heterocycles. The first-order chi connectivity index (χ1) is 12.7. The average molecular weight is 378 g/mol. The molecule has 0 amide bonds.